The summed E-state index contributed by atoms with van der Waals surface area (Å²) in [5.41, 5.74) is 4.55. The topological polar surface area (TPSA) is 146 Å². The van der Waals surface area contributed by atoms with E-state index in [0.29, 0.717) is 67.9 Å². The van der Waals surface area contributed by atoms with E-state index in [1.54, 1.807) is 23.2 Å². The molecule has 0 radical (unpaired) electrons. The molecule has 14 nitrogen and oxygen atoms in total. The van der Waals surface area contributed by atoms with Crippen LogP contribution in [0.2, 0.25) is 5.02 Å². The summed E-state index contributed by atoms with van der Waals surface area (Å²) in [6, 6.07) is 24.2. The van der Waals surface area contributed by atoms with Crippen LogP contribution in [0.4, 0.5) is 26.7 Å². The van der Waals surface area contributed by atoms with Crippen molar-refractivity contribution in [1.29, 1.82) is 0 Å². The highest BCUT2D eigenvalue weighted by molar-refractivity contribution is 6.31. The zero-order valence-electron chi connectivity index (χ0n) is 35.6. The van der Waals surface area contributed by atoms with Gasteiger partial charge in [-0.15, -0.1) is 0 Å². The van der Waals surface area contributed by atoms with Gasteiger partial charge in [0.1, 0.15) is 12.2 Å². The summed E-state index contributed by atoms with van der Waals surface area (Å²) in [5, 5.41) is 6.25. The molecule has 2 saturated heterocycles. The van der Waals surface area contributed by atoms with Gasteiger partial charge in [-0.1, -0.05) is 54.9 Å². The Hall–Kier alpha value is -6.02. The van der Waals surface area contributed by atoms with E-state index in [4.69, 9.17) is 25.8 Å². The van der Waals surface area contributed by atoms with Crippen LogP contribution >= 0.6 is 11.6 Å². The summed E-state index contributed by atoms with van der Waals surface area (Å²) in [4.78, 5) is 64.8. The number of piperazine rings is 1. The third kappa shape index (κ3) is 11.6. The van der Waals surface area contributed by atoms with Gasteiger partial charge in [0, 0.05) is 68.6 Å². The van der Waals surface area contributed by atoms with Crippen molar-refractivity contribution >= 4 is 53.2 Å². The van der Waals surface area contributed by atoms with E-state index in [0.717, 1.165) is 40.9 Å². The van der Waals surface area contributed by atoms with Crippen molar-refractivity contribution in [1.82, 2.24) is 20.5 Å². The molecule has 61 heavy (non-hydrogen) atoms. The first-order chi connectivity index (χ1) is 29.4. The number of rotatable bonds is 15. The van der Waals surface area contributed by atoms with Crippen LogP contribution in [0.1, 0.15) is 63.4 Å². The summed E-state index contributed by atoms with van der Waals surface area (Å²) < 4.78 is 16.7. The highest BCUT2D eigenvalue weighted by atomic mass is 35.5. The first-order valence-corrected chi connectivity index (χ1v) is 21.2. The molecule has 6 rings (SSSR count). The van der Waals surface area contributed by atoms with Gasteiger partial charge < -0.3 is 44.4 Å². The summed E-state index contributed by atoms with van der Waals surface area (Å²) in [7, 11) is 0. The minimum absolute atomic E-state index is 0.0933. The van der Waals surface area contributed by atoms with Crippen molar-refractivity contribution in [3.05, 3.63) is 101 Å². The van der Waals surface area contributed by atoms with Gasteiger partial charge in [-0.25, -0.2) is 14.6 Å². The number of carbonyl (C=O) groups excluding carboxylic acids is 4. The third-order valence-corrected chi connectivity index (χ3v) is 10.8. The smallest absolute Gasteiger partial charge is 0.407 e. The van der Waals surface area contributed by atoms with Gasteiger partial charge in [-0.2, -0.15) is 0 Å². The van der Waals surface area contributed by atoms with E-state index in [1.807, 2.05) is 99.3 Å². The molecule has 2 fully saturated rings. The Balaban J connectivity index is 1.21. The zero-order chi connectivity index (χ0) is 43.5. The van der Waals surface area contributed by atoms with Crippen LogP contribution in [0, 0.1) is 0 Å². The molecule has 3 aromatic carbocycles. The van der Waals surface area contributed by atoms with Gasteiger partial charge in [0.25, 0.3) is 5.91 Å². The number of carbonyl (C=O) groups is 4. The lowest BCUT2D eigenvalue weighted by Gasteiger charge is -2.44. The van der Waals surface area contributed by atoms with E-state index in [1.165, 1.54) is 0 Å². The first kappa shape index (κ1) is 44.5. The minimum atomic E-state index is -0.612. The number of nitrogens with zero attached hydrogens (tertiary/aromatic N) is 5. The van der Waals surface area contributed by atoms with Crippen molar-refractivity contribution in [3.63, 3.8) is 0 Å². The van der Waals surface area contributed by atoms with Crippen LogP contribution in [0.3, 0.4) is 0 Å². The van der Waals surface area contributed by atoms with E-state index in [-0.39, 0.29) is 37.7 Å². The Morgan fingerprint density at radius 3 is 2.48 bits per heavy atom. The van der Waals surface area contributed by atoms with Crippen LogP contribution in [-0.4, -0.2) is 104 Å². The number of halogens is 1. The molecule has 4 aromatic rings. The van der Waals surface area contributed by atoms with Gasteiger partial charge in [0.2, 0.25) is 12.3 Å². The number of alkyl carbamates (subject to hydrolysis) is 2. The van der Waals surface area contributed by atoms with Crippen molar-refractivity contribution in [2.45, 2.75) is 71.8 Å². The Kier molecular flexibility index (Phi) is 15.0. The maximum atomic E-state index is 14.4. The summed E-state index contributed by atoms with van der Waals surface area (Å²) in [6.45, 7) is 12.8. The van der Waals surface area contributed by atoms with Gasteiger partial charge in [-0.05, 0) is 94.1 Å². The van der Waals surface area contributed by atoms with Crippen molar-refractivity contribution in [2.75, 3.05) is 67.1 Å². The number of anilines is 3. The second kappa shape index (κ2) is 20.5. The molecule has 2 atom stereocenters. The van der Waals surface area contributed by atoms with Crippen LogP contribution in [0.25, 0.3) is 11.1 Å². The van der Waals surface area contributed by atoms with Gasteiger partial charge in [0.15, 0.2) is 0 Å². The molecule has 2 N–H and O–H groups in total. The lowest BCUT2D eigenvalue weighted by atomic mass is 10.0. The molecule has 2 aliphatic rings. The maximum Gasteiger partial charge on any atom is 0.407 e. The lowest BCUT2D eigenvalue weighted by molar-refractivity contribution is -0.107. The zero-order valence-corrected chi connectivity index (χ0v) is 36.3. The predicted molar refractivity (Wildman–Crippen MR) is 238 cm³/mol. The predicted octanol–water partition coefficient (Wildman–Crippen LogP) is 7.53. The number of hydrogen-bond donors (Lipinski definition) is 2. The molecule has 0 saturated carbocycles. The number of aromatic nitrogens is 1. The molecular weight excluding hydrogens is 798 g/mol. The van der Waals surface area contributed by atoms with Gasteiger partial charge in [-0.3, -0.25) is 9.59 Å². The molecule has 0 aliphatic carbocycles. The van der Waals surface area contributed by atoms with Crippen LogP contribution in [0.5, 0.6) is 5.88 Å². The molecule has 15 heteroatoms. The van der Waals surface area contributed by atoms with Crippen LogP contribution < -0.4 is 30.1 Å². The molecule has 0 spiro atoms. The number of pyridine rings is 1. The highest BCUT2D eigenvalue weighted by Gasteiger charge is 2.34. The quantitative estimate of drug-likeness (QED) is 0.115. The normalized spacial score (nSPS) is 16.5. The first-order valence-electron chi connectivity index (χ1n) is 20.9. The number of hydrogen-bond acceptors (Lipinski definition) is 10. The Morgan fingerprint density at radius 1 is 0.934 bits per heavy atom. The standard InChI is InChI=1S/C46H56ClN7O7/c1-6-36-29-52(43(56)38-17-16-34(47)27-40(38)51-22-19-35(28-51)50-45(58)61-46(3,4)5)24-25-54(36)39-18-15-33(37-14-11-20-48-42(37)59-7-2)26-41(39)53(31-55)23-21-49-44(57)60-30-32-12-9-8-10-13-32/h8-18,20,26-27,31,35-36H,6-7,19,21-25,28-30H2,1-5H3,(H,49,57)(H,50,58)/t35-,36+/m0/s1. The number of amides is 4. The Bertz CT molecular complexity index is 2150. The van der Waals surface area contributed by atoms with Crippen molar-refractivity contribution in [3.8, 4) is 17.0 Å². The highest BCUT2D eigenvalue weighted by Crippen LogP contribution is 2.39. The molecule has 4 amide bonds. The van der Waals surface area contributed by atoms with E-state index >= 15 is 0 Å². The van der Waals surface area contributed by atoms with E-state index < -0.39 is 17.8 Å². The van der Waals surface area contributed by atoms with Crippen LogP contribution in [-0.2, 0) is 20.9 Å². The number of ether oxygens (including phenoxy) is 3. The second-order valence-corrected chi connectivity index (χ2v) is 16.5. The fourth-order valence-electron chi connectivity index (χ4n) is 7.70. The van der Waals surface area contributed by atoms with Crippen molar-refractivity contribution in [2.24, 2.45) is 0 Å². The fraction of sp³-hybridized carbons (Fsp3) is 0.413. The van der Waals surface area contributed by atoms with Gasteiger partial charge in [0.05, 0.1) is 35.3 Å². The molecule has 3 heterocycles. The molecule has 0 unspecified atom stereocenters. The van der Waals surface area contributed by atoms with E-state index in [9.17, 15) is 19.2 Å². The molecule has 0 bridgehead atoms. The average molecular weight is 854 g/mol. The minimum Gasteiger partial charge on any atom is -0.478 e. The average Bonchev–Trinajstić information content (AvgIpc) is 3.72. The number of benzene rings is 3. The molecule has 2 aliphatic heterocycles. The fourth-order valence-corrected chi connectivity index (χ4v) is 7.87. The second-order valence-electron chi connectivity index (χ2n) is 16.0. The van der Waals surface area contributed by atoms with Crippen LogP contribution in [0.15, 0.2) is 85.1 Å². The molecule has 324 valence electrons. The number of nitrogens with one attached hydrogen (secondary N) is 2. The van der Waals surface area contributed by atoms with Crippen molar-refractivity contribution < 1.29 is 33.4 Å². The lowest BCUT2D eigenvalue weighted by Crippen LogP contribution is -2.55. The Labute approximate surface area is 363 Å². The third-order valence-electron chi connectivity index (χ3n) is 10.6. The SMILES string of the molecule is CCOc1ncccc1-c1ccc(N2CCN(C(=O)c3ccc(Cl)cc3N3CC[C@H](NC(=O)OC(C)(C)C)C3)C[C@H]2CC)c(N(C=O)CCNC(=O)OCc2ccccc2)c1. The largest absolute Gasteiger partial charge is 0.478 e. The maximum absolute atomic E-state index is 14.4. The Morgan fingerprint density at radius 2 is 1.74 bits per heavy atom. The molecule has 1 aromatic heterocycles. The summed E-state index contributed by atoms with van der Waals surface area (Å²) in [6.07, 6.45) is 2.80. The monoisotopic (exact) mass is 853 g/mol. The van der Waals surface area contributed by atoms with E-state index in [2.05, 4.69) is 32.3 Å². The summed E-state index contributed by atoms with van der Waals surface area (Å²) in [5.74, 6) is 0.372. The summed E-state index contributed by atoms with van der Waals surface area (Å²) >= 11 is 6.51. The molecular formula is C46H56ClN7O7. The van der Waals surface area contributed by atoms with Gasteiger partial charge >= 0.3 is 12.2 Å².